The second-order valence-corrected chi connectivity index (χ2v) is 7.61. The summed E-state index contributed by atoms with van der Waals surface area (Å²) in [4.78, 5) is 4.18. The van der Waals surface area contributed by atoms with Crippen LogP contribution in [0.2, 0.25) is 0 Å². The second-order valence-electron chi connectivity index (χ2n) is 5.60. The summed E-state index contributed by atoms with van der Waals surface area (Å²) in [7, 11) is -0.676. The maximum absolute atomic E-state index is 13.0. The molecule has 0 radical (unpaired) electrons. The number of rotatable bonds is 5. The summed E-state index contributed by atoms with van der Waals surface area (Å²) in [5.74, 6) is 0.618. The number of nitrogens with zero attached hydrogens (tertiary/aromatic N) is 2. The van der Waals surface area contributed by atoms with Crippen LogP contribution in [0, 0.1) is 0 Å². The first-order valence-electron chi connectivity index (χ1n) is 7.59. The lowest BCUT2D eigenvalue weighted by Crippen LogP contribution is -2.26. The van der Waals surface area contributed by atoms with E-state index < -0.39 is 10.0 Å². The first-order valence-corrected chi connectivity index (χ1v) is 9.03. The van der Waals surface area contributed by atoms with Gasteiger partial charge in [0.2, 0.25) is 10.0 Å². The van der Waals surface area contributed by atoms with E-state index in [-0.39, 0.29) is 22.7 Å². The lowest BCUT2D eigenvalue weighted by atomic mass is 10.2. The molecule has 3 rings (SSSR count). The van der Waals surface area contributed by atoms with E-state index in [1.807, 2.05) is 12.1 Å². The van der Waals surface area contributed by atoms with Crippen molar-refractivity contribution in [1.82, 2.24) is 9.29 Å². The monoisotopic (exact) mass is 358 g/mol. The summed E-state index contributed by atoms with van der Waals surface area (Å²) in [6.45, 7) is 0.197. The Kier molecular flexibility index (Phi) is 4.61. The van der Waals surface area contributed by atoms with Gasteiger partial charge in [0.25, 0.3) is 0 Å². The number of hydrogen-bond donors (Lipinski definition) is 1. The minimum atomic E-state index is -3.76. The number of fused-ring (bicyclic) bond motifs is 1. The van der Waals surface area contributed by atoms with Gasteiger partial charge in [0.15, 0.2) is 0 Å². The third-order valence-electron chi connectivity index (χ3n) is 3.94. The van der Waals surface area contributed by atoms with Gasteiger partial charge in [0.05, 0.1) is 12.0 Å². The van der Waals surface area contributed by atoms with Crippen LogP contribution in [-0.2, 0) is 16.6 Å². The zero-order chi connectivity index (χ0) is 18.0. The van der Waals surface area contributed by atoms with Crippen molar-refractivity contribution in [3.05, 3.63) is 60.3 Å². The van der Waals surface area contributed by atoms with Gasteiger partial charge in [0, 0.05) is 25.2 Å². The van der Waals surface area contributed by atoms with Crippen LogP contribution in [0.15, 0.2) is 59.6 Å². The van der Waals surface area contributed by atoms with Gasteiger partial charge in [-0.3, -0.25) is 4.98 Å². The molecule has 6 nitrogen and oxygen atoms in total. The van der Waals surface area contributed by atoms with Crippen LogP contribution in [0.25, 0.3) is 10.9 Å². The maximum Gasteiger partial charge on any atom is 0.243 e. The van der Waals surface area contributed by atoms with Gasteiger partial charge in [-0.05, 0) is 42.0 Å². The van der Waals surface area contributed by atoms with Crippen molar-refractivity contribution in [2.45, 2.75) is 11.4 Å². The molecule has 0 saturated carbocycles. The topological polar surface area (TPSA) is 79.7 Å². The Hall–Kier alpha value is -2.64. The van der Waals surface area contributed by atoms with E-state index in [9.17, 15) is 13.5 Å². The van der Waals surface area contributed by atoms with Crippen LogP contribution >= 0.6 is 0 Å². The maximum atomic E-state index is 13.0. The third-order valence-corrected chi connectivity index (χ3v) is 5.80. The van der Waals surface area contributed by atoms with E-state index in [1.54, 1.807) is 31.4 Å². The number of pyridine rings is 1. The van der Waals surface area contributed by atoms with E-state index in [1.165, 1.54) is 29.7 Å². The summed E-state index contributed by atoms with van der Waals surface area (Å²) in [6.07, 6.45) is 1.51. The molecule has 1 N–H and O–H groups in total. The molecule has 0 aliphatic rings. The quantitative estimate of drug-likeness (QED) is 0.759. The Balaban J connectivity index is 2.00. The molecule has 0 unspecified atom stereocenters. The van der Waals surface area contributed by atoms with Crippen molar-refractivity contribution >= 4 is 20.9 Å². The molecule has 0 aliphatic heterocycles. The molecule has 0 amide bonds. The highest BCUT2D eigenvalue weighted by molar-refractivity contribution is 7.89. The van der Waals surface area contributed by atoms with Crippen molar-refractivity contribution in [3.8, 4) is 11.5 Å². The highest BCUT2D eigenvalue weighted by Gasteiger charge is 2.24. The number of aromatic hydroxyl groups is 1. The van der Waals surface area contributed by atoms with Crippen LogP contribution in [0.1, 0.15) is 5.56 Å². The fraction of sp³-hybridized carbons (Fsp3) is 0.167. The van der Waals surface area contributed by atoms with Gasteiger partial charge in [-0.15, -0.1) is 0 Å². The van der Waals surface area contributed by atoms with E-state index in [0.29, 0.717) is 11.1 Å². The molecular formula is C18H18N2O4S. The Labute approximate surface area is 146 Å². The molecule has 3 aromatic rings. The molecule has 7 heteroatoms. The standard InChI is InChI=1S/C18H18N2O4S/c1-20(12-13-5-3-6-14(11-13)24-2)25(22,23)17-9-8-16(21)18-15(17)7-4-10-19-18/h3-11,21H,12H2,1-2H3. The van der Waals surface area contributed by atoms with Gasteiger partial charge >= 0.3 is 0 Å². The third kappa shape index (κ3) is 3.29. The Morgan fingerprint density at radius 1 is 1.16 bits per heavy atom. The van der Waals surface area contributed by atoms with Gasteiger partial charge < -0.3 is 9.84 Å². The molecule has 0 bridgehead atoms. The van der Waals surface area contributed by atoms with Crippen LogP contribution in [-0.4, -0.2) is 37.0 Å². The summed E-state index contributed by atoms with van der Waals surface area (Å²) in [5, 5.41) is 10.3. The SMILES string of the molecule is COc1cccc(CN(C)S(=O)(=O)c2ccc(O)c3ncccc23)c1. The summed E-state index contributed by atoms with van der Waals surface area (Å²) >= 11 is 0. The number of hydrogen-bond acceptors (Lipinski definition) is 5. The fourth-order valence-electron chi connectivity index (χ4n) is 2.64. The molecule has 1 heterocycles. The average molecular weight is 358 g/mol. The zero-order valence-corrected chi connectivity index (χ0v) is 14.7. The summed E-state index contributed by atoms with van der Waals surface area (Å²) < 4.78 is 32.4. The molecule has 0 spiro atoms. The number of benzene rings is 2. The molecule has 0 atom stereocenters. The van der Waals surface area contributed by atoms with Crippen molar-refractivity contribution in [1.29, 1.82) is 0 Å². The van der Waals surface area contributed by atoms with E-state index >= 15 is 0 Å². The Morgan fingerprint density at radius 3 is 2.72 bits per heavy atom. The van der Waals surface area contributed by atoms with Crippen LogP contribution in [0.4, 0.5) is 0 Å². The van der Waals surface area contributed by atoms with Gasteiger partial charge in [-0.2, -0.15) is 4.31 Å². The predicted molar refractivity (Wildman–Crippen MR) is 95.1 cm³/mol. The van der Waals surface area contributed by atoms with Gasteiger partial charge in [-0.1, -0.05) is 12.1 Å². The molecule has 130 valence electrons. The molecule has 2 aromatic carbocycles. The zero-order valence-electron chi connectivity index (χ0n) is 13.9. The lowest BCUT2D eigenvalue weighted by molar-refractivity contribution is 0.412. The Morgan fingerprint density at radius 2 is 1.96 bits per heavy atom. The first-order chi connectivity index (χ1) is 11.9. The van der Waals surface area contributed by atoms with Crippen LogP contribution in [0.3, 0.4) is 0 Å². The Bertz CT molecular complexity index is 1020. The fourth-order valence-corrected chi connectivity index (χ4v) is 3.97. The van der Waals surface area contributed by atoms with Crippen molar-refractivity contribution in [3.63, 3.8) is 0 Å². The minimum Gasteiger partial charge on any atom is -0.506 e. The summed E-state index contributed by atoms with van der Waals surface area (Å²) in [6, 6.07) is 13.3. The van der Waals surface area contributed by atoms with E-state index in [2.05, 4.69) is 4.98 Å². The lowest BCUT2D eigenvalue weighted by Gasteiger charge is -2.19. The summed E-state index contributed by atoms with van der Waals surface area (Å²) in [5.41, 5.74) is 1.07. The smallest absolute Gasteiger partial charge is 0.243 e. The van der Waals surface area contributed by atoms with Crippen molar-refractivity contribution in [2.24, 2.45) is 0 Å². The normalized spacial score (nSPS) is 11.8. The van der Waals surface area contributed by atoms with Gasteiger partial charge in [-0.25, -0.2) is 8.42 Å². The number of aromatic nitrogens is 1. The predicted octanol–water partition coefficient (Wildman–Crippen LogP) is 2.77. The highest BCUT2D eigenvalue weighted by atomic mass is 32.2. The van der Waals surface area contributed by atoms with E-state index in [4.69, 9.17) is 4.74 Å². The molecule has 0 aliphatic carbocycles. The molecule has 0 fully saturated rings. The molecule has 1 aromatic heterocycles. The van der Waals surface area contributed by atoms with E-state index in [0.717, 1.165) is 5.56 Å². The number of methoxy groups -OCH3 is 1. The first kappa shape index (κ1) is 17.2. The average Bonchev–Trinajstić information content (AvgIpc) is 2.62. The molecular weight excluding hydrogens is 340 g/mol. The highest BCUT2D eigenvalue weighted by Crippen LogP contribution is 2.30. The largest absolute Gasteiger partial charge is 0.506 e. The van der Waals surface area contributed by atoms with Crippen LogP contribution < -0.4 is 4.74 Å². The molecule has 25 heavy (non-hydrogen) atoms. The second kappa shape index (κ2) is 6.70. The number of sulfonamides is 1. The minimum absolute atomic E-state index is 0.0509. The number of phenolic OH excluding ortho intramolecular Hbond substituents is 1. The molecule has 0 saturated heterocycles. The van der Waals surface area contributed by atoms with Crippen LogP contribution in [0.5, 0.6) is 11.5 Å². The number of ether oxygens (including phenoxy) is 1. The number of phenols is 1. The van der Waals surface area contributed by atoms with Crippen molar-refractivity contribution in [2.75, 3.05) is 14.2 Å². The van der Waals surface area contributed by atoms with Crippen molar-refractivity contribution < 1.29 is 18.3 Å². The van der Waals surface area contributed by atoms with Gasteiger partial charge in [0.1, 0.15) is 17.0 Å².